The number of ether oxygens (including phenoxy) is 2. The molecule has 5 nitrogen and oxygen atoms in total. The number of hydrogen-bond donors (Lipinski definition) is 1. The Kier molecular flexibility index (Phi) is 5.97. The molecular formula is C20H30N2O3. The molecule has 138 valence electrons. The molecule has 5 heteroatoms. The summed E-state index contributed by atoms with van der Waals surface area (Å²) in [5, 5.41) is 3.08. The molecule has 2 aliphatic heterocycles. The normalized spacial score (nSPS) is 21.6. The molecule has 2 saturated heterocycles. The molecule has 1 N–H and O–H groups in total. The molecule has 0 unspecified atom stereocenters. The molecule has 1 aromatic carbocycles. The van der Waals surface area contributed by atoms with Crippen molar-refractivity contribution in [3.05, 3.63) is 34.4 Å². The van der Waals surface area contributed by atoms with Gasteiger partial charge in [0.15, 0.2) is 0 Å². The summed E-state index contributed by atoms with van der Waals surface area (Å²) in [6.07, 6.45) is 3.32. The predicted molar refractivity (Wildman–Crippen MR) is 97.8 cm³/mol. The Bertz CT molecular complexity index is 580. The first-order valence-electron chi connectivity index (χ1n) is 9.35. The highest BCUT2D eigenvalue weighted by Gasteiger charge is 2.27. The lowest BCUT2D eigenvalue weighted by Crippen LogP contribution is -2.46. The Morgan fingerprint density at radius 2 is 1.84 bits per heavy atom. The average Bonchev–Trinajstić information content (AvgIpc) is 3.07. The van der Waals surface area contributed by atoms with Gasteiger partial charge in [0.05, 0.1) is 18.8 Å². The standard InChI is InChI=1S/C20H30N2O3/c1-14-10-15(2)19(16(3)11-14)12-21-20(23)22-7-4-17(5-8-22)25-18-6-9-24-13-18/h10-11,17-18H,4-9,12-13H2,1-3H3,(H,21,23)/t18-/m0/s1. The number of carbonyl (C=O) groups is 1. The molecule has 1 atom stereocenters. The van der Waals surface area contributed by atoms with Crippen molar-refractivity contribution in [3.8, 4) is 0 Å². The van der Waals surface area contributed by atoms with Crippen molar-refractivity contribution in [1.82, 2.24) is 10.2 Å². The van der Waals surface area contributed by atoms with E-state index < -0.39 is 0 Å². The zero-order chi connectivity index (χ0) is 17.8. The van der Waals surface area contributed by atoms with E-state index in [2.05, 4.69) is 38.2 Å². The summed E-state index contributed by atoms with van der Waals surface area (Å²) in [5.74, 6) is 0. The Balaban J connectivity index is 1.45. The van der Waals surface area contributed by atoms with E-state index in [0.717, 1.165) is 45.6 Å². The summed E-state index contributed by atoms with van der Waals surface area (Å²) in [6.45, 7) is 9.96. The first-order chi connectivity index (χ1) is 12.0. The van der Waals surface area contributed by atoms with Crippen molar-refractivity contribution in [2.45, 2.75) is 58.8 Å². The van der Waals surface area contributed by atoms with Crippen molar-refractivity contribution in [2.75, 3.05) is 26.3 Å². The van der Waals surface area contributed by atoms with Crippen LogP contribution in [0.4, 0.5) is 4.79 Å². The number of likely N-dealkylation sites (tertiary alicyclic amines) is 1. The molecule has 25 heavy (non-hydrogen) atoms. The number of carbonyl (C=O) groups excluding carboxylic acids is 1. The molecule has 1 aromatic rings. The summed E-state index contributed by atoms with van der Waals surface area (Å²) in [5.41, 5.74) is 4.96. The number of benzene rings is 1. The van der Waals surface area contributed by atoms with Gasteiger partial charge in [-0.25, -0.2) is 4.79 Å². The summed E-state index contributed by atoms with van der Waals surface area (Å²) in [4.78, 5) is 14.4. The van der Waals surface area contributed by atoms with Crippen molar-refractivity contribution < 1.29 is 14.3 Å². The molecule has 0 aliphatic carbocycles. The van der Waals surface area contributed by atoms with E-state index in [1.807, 2.05) is 4.90 Å². The lowest BCUT2D eigenvalue weighted by atomic mass is 10.00. The summed E-state index contributed by atoms with van der Waals surface area (Å²) < 4.78 is 11.4. The molecule has 2 amide bonds. The molecule has 0 spiro atoms. The molecular weight excluding hydrogens is 316 g/mol. The van der Waals surface area contributed by atoms with Crippen molar-refractivity contribution in [1.29, 1.82) is 0 Å². The predicted octanol–water partition coefficient (Wildman–Crippen LogP) is 3.09. The van der Waals surface area contributed by atoms with E-state index in [9.17, 15) is 4.79 Å². The third kappa shape index (κ3) is 4.73. The molecule has 3 rings (SSSR count). The Morgan fingerprint density at radius 1 is 1.16 bits per heavy atom. The van der Waals surface area contributed by atoms with Crippen LogP contribution in [0.15, 0.2) is 12.1 Å². The number of piperidine rings is 1. The number of nitrogens with zero attached hydrogens (tertiary/aromatic N) is 1. The van der Waals surface area contributed by atoms with Gasteiger partial charge in [-0.2, -0.15) is 0 Å². The first-order valence-corrected chi connectivity index (χ1v) is 9.35. The number of aryl methyl sites for hydroxylation is 3. The first kappa shape index (κ1) is 18.2. The van der Waals surface area contributed by atoms with Crippen LogP contribution in [0.25, 0.3) is 0 Å². The fraction of sp³-hybridized carbons (Fsp3) is 0.650. The fourth-order valence-electron chi connectivity index (χ4n) is 3.85. The van der Waals surface area contributed by atoms with Crippen LogP contribution in [0.2, 0.25) is 0 Å². The van der Waals surface area contributed by atoms with Gasteiger partial charge in [-0.1, -0.05) is 17.7 Å². The topological polar surface area (TPSA) is 50.8 Å². The van der Waals surface area contributed by atoms with Crippen LogP contribution in [-0.4, -0.2) is 49.4 Å². The summed E-state index contributed by atoms with van der Waals surface area (Å²) in [7, 11) is 0. The van der Waals surface area contributed by atoms with Crippen LogP contribution in [0.5, 0.6) is 0 Å². The van der Waals surface area contributed by atoms with Crippen molar-refractivity contribution >= 4 is 6.03 Å². The van der Waals surface area contributed by atoms with E-state index in [1.54, 1.807) is 0 Å². The van der Waals surface area contributed by atoms with Crippen molar-refractivity contribution in [2.24, 2.45) is 0 Å². The average molecular weight is 346 g/mol. The molecule has 2 heterocycles. The van der Waals surface area contributed by atoms with Gasteiger partial charge in [0.2, 0.25) is 0 Å². The fourth-order valence-corrected chi connectivity index (χ4v) is 3.85. The van der Waals surface area contributed by atoms with E-state index >= 15 is 0 Å². The summed E-state index contributed by atoms with van der Waals surface area (Å²) >= 11 is 0. The molecule has 0 radical (unpaired) electrons. The maximum absolute atomic E-state index is 12.5. The lowest BCUT2D eigenvalue weighted by molar-refractivity contribution is -0.0392. The smallest absolute Gasteiger partial charge is 0.317 e. The van der Waals surface area contributed by atoms with E-state index in [0.29, 0.717) is 6.54 Å². The van der Waals surface area contributed by atoms with E-state index in [1.165, 1.54) is 22.3 Å². The van der Waals surface area contributed by atoms with Crippen LogP contribution in [-0.2, 0) is 16.0 Å². The molecule has 2 aliphatic rings. The van der Waals surface area contributed by atoms with Gasteiger partial charge >= 0.3 is 6.03 Å². The number of amides is 2. The Morgan fingerprint density at radius 3 is 2.44 bits per heavy atom. The van der Waals surface area contributed by atoms with Crippen LogP contribution in [0.3, 0.4) is 0 Å². The highest BCUT2D eigenvalue weighted by molar-refractivity contribution is 5.74. The maximum atomic E-state index is 12.5. The maximum Gasteiger partial charge on any atom is 0.317 e. The zero-order valence-electron chi connectivity index (χ0n) is 15.6. The second-order valence-corrected chi connectivity index (χ2v) is 7.34. The van der Waals surface area contributed by atoms with Gasteiger partial charge in [0, 0.05) is 26.2 Å². The highest BCUT2D eigenvalue weighted by Crippen LogP contribution is 2.20. The van der Waals surface area contributed by atoms with E-state index in [4.69, 9.17) is 9.47 Å². The van der Waals surface area contributed by atoms with Crippen LogP contribution < -0.4 is 5.32 Å². The van der Waals surface area contributed by atoms with E-state index in [-0.39, 0.29) is 18.2 Å². The third-order valence-electron chi connectivity index (χ3n) is 5.26. The molecule has 0 saturated carbocycles. The SMILES string of the molecule is Cc1cc(C)c(CNC(=O)N2CCC(O[C@H]3CCOC3)CC2)c(C)c1. The number of hydrogen-bond acceptors (Lipinski definition) is 3. The third-order valence-corrected chi connectivity index (χ3v) is 5.26. The largest absolute Gasteiger partial charge is 0.379 e. The van der Waals surface area contributed by atoms with Gasteiger partial charge in [0.25, 0.3) is 0 Å². The van der Waals surface area contributed by atoms with Crippen molar-refractivity contribution in [3.63, 3.8) is 0 Å². The molecule has 0 bridgehead atoms. The van der Waals surface area contributed by atoms with Crippen LogP contribution in [0, 0.1) is 20.8 Å². The second kappa shape index (κ2) is 8.19. The minimum absolute atomic E-state index is 0.0297. The Hall–Kier alpha value is -1.59. The monoisotopic (exact) mass is 346 g/mol. The van der Waals surface area contributed by atoms with Crippen LogP contribution >= 0.6 is 0 Å². The Labute approximate surface area is 150 Å². The van der Waals surface area contributed by atoms with Gasteiger partial charge in [-0.05, 0) is 56.7 Å². The van der Waals surface area contributed by atoms with Gasteiger partial charge in [0.1, 0.15) is 0 Å². The minimum Gasteiger partial charge on any atom is -0.379 e. The quantitative estimate of drug-likeness (QED) is 0.911. The van der Waals surface area contributed by atoms with Gasteiger partial charge in [-0.15, -0.1) is 0 Å². The van der Waals surface area contributed by atoms with Gasteiger partial charge in [-0.3, -0.25) is 0 Å². The lowest BCUT2D eigenvalue weighted by Gasteiger charge is -2.33. The summed E-state index contributed by atoms with van der Waals surface area (Å²) in [6, 6.07) is 4.37. The number of rotatable bonds is 4. The second-order valence-electron chi connectivity index (χ2n) is 7.34. The molecule has 0 aromatic heterocycles. The van der Waals surface area contributed by atoms with Gasteiger partial charge < -0.3 is 19.7 Å². The highest BCUT2D eigenvalue weighted by atomic mass is 16.5. The van der Waals surface area contributed by atoms with Crippen LogP contribution in [0.1, 0.15) is 41.5 Å². The number of urea groups is 1. The number of nitrogens with one attached hydrogen (secondary N) is 1. The minimum atomic E-state index is 0.0297. The molecule has 2 fully saturated rings. The zero-order valence-corrected chi connectivity index (χ0v) is 15.6.